The number of carbonyl (C=O) groups excluding carboxylic acids is 1. The molecular weight excluding hydrogens is 331 g/mol. The first-order valence-electron chi connectivity index (χ1n) is 8.14. The number of aliphatic imine (C=N–C) groups is 1. The van der Waals surface area contributed by atoms with Crippen LogP contribution < -0.4 is 5.73 Å². The number of anilines is 1. The molecular formula is C21H27FN2O2. The Labute approximate surface area is 155 Å². The number of rotatable bonds is 7. The van der Waals surface area contributed by atoms with Gasteiger partial charge in [0.15, 0.2) is 0 Å². The monoisotopic (exact) mass is 358 g/mol. The summed E-state index contributed by atoms with van der Waals surface area (Å²) >= 11 is 0. The summed E-state index contributed by atoms with van der Waals surface area (Å²) in [6.07, 6.45) is 13.1. The molecule has 0 fully saturated rings. The fraction of sp³-hybridized carbons (Fsp3) is 0.238. The van der Waals surface area contributed by atoms with Crippen molar-refractivity contribution in [1.29, 1.82) is 0 Å². The molecule has 140 valence electrons. The number of hydrogen-bond acceptors (Lipinski definition) is 4. The molecule has 0 unspecified atom stereocenters. The van der Waals surface area contributed by atoms with Gasteiger partial charge in [-0.15, -0.1) is 0 Å². The van der Waals surface area contributed by atoms with Crippen molar-refractivity contribution in [2.45, 2.75) is 20.8 Å². The molecule has 0 amide bonds. The van der Waals surface area contributed by atoms with Crippen molar-refractivity contribution in [2.75, 3.05) is 19.5 Å². The number of halogens is 1. The van der Waals surface area contributed by atoms with E-state index >= 15 is 0 Å². The Bertz CT molecular complexity index is 702. The lowest BCUT2D eigenvalue weighted by molar-refractivity contribution is -0.104. The number of nitrogens with zero attached hydrogens (tertiary/aromatic N) is 1. The van der Waals surface area contributed by atoms with Crippen LogP contribution in [0.2, 0.25) is 0 Å². The molecule has 0 aliphatic carbocycles. The number of aryl methyl sites for hydroxylation is 1. The van der Waals surface area contributed by atoms with E-state index in [1.54, 1.807) is 44.5 Å². The first kappa shape index (κ1) is 23.2. The van der Waals surface area contributed by atoms with E-state index in [0.29, 0.717) is 17.9 Å². The van der Waals surface area contributed by atoms with Gasteiger partial charge in [0.05, 0.1) is 12.3 Å². The highest BCUT2D eigenvalue weighted by Crippen LogP contribution is 2.13. The molecule has 4 nitrogen and oxygen atoms in total. The van der Waals surface area contributed by atoms with E-state index in [4.69, 9.17) is 10.5 Å². The summed E-state index contributed by atoms with van der Waals surface area (Å²) in [5.74, 6) is -0.241. The van der Waals surface area contributed by atoms with E-state index in [9.17, 15) is 9.18 Å². The maximum atomic E-state index is 12.5. The Balaban J connectivity index is 0.000000577. The Hall–Kier alpha value is -2.79. The summed E-state index contributed by atoms with van der Waals surface area (Å²) in [7, 11) is 1.64. The molecule has 2 N–H and O–H groups in total. The molecule has 5 heteroatoms. The number of hydrogen-bond donors (Lipinski definition) is 1. The molecule has 1 aromatic rings. The average molecular weight is 358 g/mol. The number of nitrogens with two attached hydrogens (primary N) is 1. The minimum Gasteiger partial charge on any atom is -0.399 e. The number of methoxy groups -OCH3 is 1. The normalized spacial score (nSPS) is 12.7. The molecule has 26 heavy (non-hydrogen) atoms. The minimum atomic E-state index is -0.241. The van der Waals surface area contributed by atoms with Gasteiger partial charge in [0.1, 0.15) is 12.1 Å². The van der Waals surface area contributed by atoms with Crippen LogP contribution in [0, 0.1) is 12.7 Å². The second kappa shape index (κ2) is 14.5. The Morgan fingerprint density at radius 2 is 2.04 bits per heavy atom. The van der Waals surface area contributed by atoms with Crippen LogP contribution in [-0.4, -0.2) is 26.2 Å². The number of benzene rings is 1. The third kappa shape index (κ3) is 10.2. The second-order valence-electron chi connectivity index (χ2n) is 5.08. The highest BCUT2D eigenvalue weighted by molar-refractivity contribution is 5.66. The van der Waals surface area contributed by atoms with E-state index in [1.165, 1.54) is 12.1 Å². The summed E-state index contributed by atoms with van der Waals surface area (Å²) < 4.78 is 17.5. The number of allylic oxidation sites excluding steroid dienone is 5. The third-order valence-corrected chi connectivity index (χ3v) is 3.02. The topological polar surface area (TPSA) is 64.7 Å². The van der Waals surface area contributed by atoms with Crippen LogP contribution in [0.1, 0.15) is 19.4 Å². The van der Waals surface area contributed by atoms with Crippen molar-refractivity contribution in [3.63, 3.8) is 0 Å². The van der Waals surface area contributed by atoms with Crippen molar-refractivity contribution in [2.24, 2.45) is 4.99 Å². The fourth-order valence-electron chi connectivity index (χ4n) is 1.76. The van der Waals surface area contributed by atoms with Crippen molar-refractivity contribution in [1.82, 2.24) is 0 Å². The molecule has 0 aliphatic rings. The van der Waals surface area contributed by atoms with Crippen LogP contribution in [0.3, 0.4) is 0 Å². The van der Waals surface area contributed by atoms with Crippen LogP contribution in [0.15, 0.2) is 70.9 Å². The average Bonchev–Trinajstić information content (AvgIpc) is 2.62. The zero-order valence-corrected chi connectivity index (χ0v) is 15.8. The van der Waals surface area contributed by atoms with Gasteiger partial charge in [-0.25, -0.2) is 4.39 Å². The number of nitrogen functional groups attached to an aromatic ring is 1. The molecule has 0 saturated carbocycles. The Morgan fingerprint density at radius 3 is 2.54 bits per heavy atom. The van der Waals surface area contributed by atoms with Crippen molar-refractivity contribution < 1.29 is 13.9 Å². The maximum Gasteiger partial charge on any atom is 0.142 e. The van der Waals surface area contributed by atoms with E-state index < -0.39 is 0 Å². The lowest BCUT2D eigenvalue weighted by Crippen LogP contribution is -1.89. The van der Waals surface area contributed by atoms with E-state index in [2.05, 4.69) is 4.99 Å². The molecule has 1 rings (SSSR count). The van der Waals surface area contributed by atoms with Crippen LogP contribution in [-0.2, 0) is 9.53 Å². The third-order valence-electron chi connectivity index (χ3n) is 3.02. The van der Waals surface area contributed by atoms with E-state index in [1.807, 2.05) is 32.1 Å². The number of carbonyl (C=O) groups is 1. The molecule has 0 radical (unpaired) electrons. The highest BCUT2D eigenvalue weighted by atomic mass is 19.1. The van der Waals surface area contributed by atoms with Gasteiger partial charge in [0.2, 0.25) is 0 Å². The largest absolute Gasteiger partial charge is 0.399 e. The molecule has 1 aromatic carbocycles. The van der Waals surface area contributed by atoms with Gasteiger partial charge in [-0.1, -0.05) is 24.3 Å². The highest BCUT2D eigenvalue weighted by Gasteiger charge is 1.98. The van der Waals surface area contributed by atoms with Gasteiger partial charge in [0.25, 0.3) is 0 Å². The quantitative estimate of drug-likeness (QED) is 0.255. The first-order valence-corrected chi connectivity index (χ1v) is 8.14. The van der Waals surface area contributed by atoms with Crippen LogP contribution in [0.25, 0.3) is 0 Å². The Morgan fingerprint density at radius 1 is 1.31 bits per heavy atom. The van der Waals surface area contributed by atoms with E-state index in [0.717, 1.165) is 17.6 Å². The second-order valence-corrected chi connectivity index (χ2v) is 5.08. The number of ether oxygens (including phenoxy) is 1. The van der Waals surface area contributed by atoms with E-state index in [-0.39, 0.29) is 5.82 Å². The smallest absolute Gasteiger partial charge is 0.142 e. The van der Waals surface area contributed by atoms with Gasteiger partial charge in [-0.05, 0) is 62.3 Å². The summed E-state index contributed by atoms with van der Waals surface area (Å²) in [4.78, 5) is 14.5. The maximum absolute atomic E-state index is 12.5. The Kier molecular flexibility index (Phi) is 13.0. The van der Waals surface area contributed by atoms with Crippen molar-refractivity contribution in [3.05, 3.63) is 77.3 Å². The summed E-state index contributed by atoms with van der Waals surface area (Å²) in [6, 6.07) is 4.65. The SMILES string of the molecule is CC=NC(=C\C=C\C=O)/C(/C=C\C)=C/COC.Cc1ccc(N)cc1F. The lowest BCUT2D eigenvalue weighted by atomic mass is 10.1. The van der Waals surface area contributed by atoms with Crippen molar-refractivity contribution in [3.8, 4) is 0 Å². The zero-order valence-electron chi connectivity index (χ0n) is 15.8. The van der Waals surface area contributed by atoms with Gasteiger partial charge in [-0.3, -0.25) is 9.79 Å². The zero-order chi connectivity index (χ0) is 19.8. The number of aldehydes is 1. The summed E-state index contributed by atoms with van der Waals surface area (Å²) in [5.41, 5.74) is 8.14. The van der Waals surface area contributed by atoms with Gasteiger partial charge in [-0.2, -0.15) is 0 Å². The summed E-state index contributed by atoms with van der Waals surface area (Å²) in [5, 5.41) is 0. The first-order chi connectivity index (χ1) is 12.5. The minimum absolute atomic E-state index is 0.241. The molecule has 0 aliphatic heterocycles. The molecule has 0 heterocycles. The fourth-order valence-corrected chi connectivity index (χ4v) is 1.76. The van der Waals surface area contributed by atoms with Crippen LogP contribution in [0.5, 0.6) is 0 Å². The molecule has 0 bridgehead atoms. The molecule has 0 aromatic heterocycles. The molecule has 0 spiro atoms. The summed E-state index contributed by atoms with van der Waals surface area (Å²) in [6.45, 7) is 6.01. The standard InChI is InChI=1S/C14H19NO2.C7H8FN/c1-4-8-13(10-12-17-3)14(15-5-2)9-6-7-11-16;1-5-2-3-6(9)4-7(5)8/h4-11H,12H2,1-3H3;2-4H,9H2,1H3/b7-6+,8-4-,13-10+,14-9-,15-5?;. The molecule has 0 saturated heterocycles. The lowest BCUT2D eigenvalue weighted by Gasteiger charge is -2.02. The van der Waals surface area contributed by atoms with Gasteiger partial charge < -0.3 is 10.5 Å². The van der Waals surface area contributed by atoms with Crippen molar-refractivity contribution >= 4 is 18.2 Å². The van der Waals surface area contributed by atoms with Crippen LogP contribution >= 0.6 is 0 Å². The molecule has 0 atom stereocenters. The predicted molar refractivity (Wildman–Crippen MR) is 108 cm³/mol. The predicted octanol–water partition coefficient (Wildman–Crippen LogP) is 4.58. The van der Waals surface area contributed by atoms with Crippen LogP contribution in [0.4, 0.5) is 10.1 Å². The van der Waals surface area contributed by atoms with Gasteiger partial charge >= 0.3 is 0 Å². The van der Waals surface area contributed by atoms with Gasteiger partial charge in [0, 0.05) is 19.0 Å².